The summed E-state index contributed by atoms with van der Waals surface area (Å²) in [7, 11) is 4.60. The smallest absolute Gasteiger partial charge is 0.329 e. The monoisotopic (exact) mass is 789 g/mol. The van der Waals surface area contributed by atoms with Crippen molar-refractivity contribution in [3.8, 4) is 0 Å². The van der Waals surface area contributed by atoms with Crippen molar-refractivity contribution < 1.29 is 58.2 Å². The first-order valence-corrected chi connectivity index (χ1v) is 20.4. The minimum Gasteiger partial charge on any atom is -0.456 e. The van der Waals surface area contributed by atoms with Gasteiger partial charge in [0.25, 0.3) is 11.7 Å². The topological polar surface area (TPSA) is 178 Å². The van der Waals surface area contributed by atoms with Gasteiger partial charge in [-0.05, 0) is 89.0 Å². The third kappa shape index (κ3) is 10.6. The number of carbonyl (C=O) groups excluding carboxylic acids is 4. The normalized spacial score (nSPS) is 41.3. The van der Waals surface area contributed by atoms with E-state index in [0.717, 1.165) is 10.5 Å². The summed E-state index contributed by atoms with van der Waals surface area (Å²) in [5, 5.41) is 34.0. The van der Waals surface area contributed by atoms with Gasteiger partial charge >= 0.3 is 5.97 Å². The molecule has 14 atom stereocenters. The molecule has 2 bridgehead atoms. The van der Waals surface area contributed by atoms with Crippen molar-refractivity contribution in [1.82, 2.24) is 4.90 Å². The van der Waals surface area contributed by atoms with E-state index in [1.54, 1.807) is 34.0 Å². The molecule has 1 amide bonds. The lowest BCUT2D eigenvalue weighted by atomic mass is 9.81. The van der Waals surface area contributed by atoms with Crippen LogP contribution in [0.2, 0.25) is 0 Å². The number of nitrogens with zero attached hydrogens (tertiary/aromatic N) is 1. The number of ether oxygens (including phenoxy) is 5. The Morgan fingerprint density at radius 1 is 0.946 bits per heavy atom. The number of fused-ring (bicyclic) bond motifs is 3. The highest BCUT2D eigenvalue weighted by molar-refractivity contribution is 6.39. The molecule has 3 aliphatic heterocycles. The van der Waals surface area contributed by atoms with Gasteiger partial charge in [0.2, 0.25) is 5.79 Å². The Kier molecular flexibility index (Phi) is 16.6. The molecule has 13 nitrogen and oxygen atoms in total. The van der Waals surface area contributed by atoms with Crippen molar-refractivity contribution in [2.75, 3.05) is 27.9 Å². The van der Waals surface area contributed by atoms with Crippen molar-refractivity contribution in [2.45, 2.75) is 153 Å². The molecule has 2 saturated heterocycles. The standard InChI is InChI=1S/C43H67NO12/c1-10-12-30-18-24(2)17-25(3)19-36(53-8)39-37(54-9)21-27(5)43(51,56-39)40(48)41(49)44-16-11-13-31(44)42(50)55-38(28(6)33(46)23-34(30)47)26(4)20-29-14-15-32(45)35(22-29)52-7/h10,18,20,25,27-33,35-39,45-46,51H,1,11-17,19,21-23H2,2-9H3/b24-18-,26-20+. The zero-order valence-corrected chi connectivity index (χ0v) is 34.7. The zero-order chi connectivity index (χ0) is 41.5. The number of amides is 1. The summed E-state index contributed by atoms with van der Waals surface area (Å²) in [5.41, 5.74) is 1.61. The highest BCUT2D eigenvalue weighted by Crippen LogP contribution is 2.39. The fourth-order valence-electron chi connectivity index (χ4n) is 9.26. The molecule has 1 aliphatic carbocycles. The molecular weight excluding hydrogens is 722 g/mol. The fourth-order valence-corrected chi connectivity index (χ4v) is 9.26. The van der Waals surface area contributed by atoms with Crippen molar-refractivity contribution in [3.05, 3.63) is 36.0 Å². The lowest BCUT2D eigenvalue weighted by Gasteiger charge is -2.46. The fraction of sp³-hybridized carbons (Fsp3) is 0.767. The van der Waals surface area contributed by atoms with E-state index in [-0.39, 0.29) is 49.5 Å². The van der Waals surface area contributed by atoms with Crippen LogP contribution in [0.4, 0.5) is 0 Å². The average molecular weight is 790 g/mol. The van der Waals surface area contributed by atoms with Crippen LogP contribution < -0.4 is 0 Å². The first-order chi connectivity index (χ1) is 26.5. The second-order valence-corrected chi connectivity index (χ2v) is 16.9. The number of Topliss-reactive ketones (excluding diaryl/α,β-unsaturated/α-hetero) is 2. The molecule has 14 unspecified atom stereocenters. The SMILES string of the molecule is C=CCC1/C=C(/C)CC(C)CC(OC)C2OC(O)(C(=O)C(=O)N3CCCC3C(=O)OC(/C(C)=C/C3CCC(O)C(OC)C3)C(C)C(O)CC1=O)C(C)CC2OC. The first-order valence-electron chi connectivity index (χ1n) is 20.4. The van der Waals surface area contributed by atoms with Crippen LogP contribution in [0.25, 0.3) is 0 Å². The van der Waals surface area contributed by atoms with Crippen molar-refractivity contribution in [2.24, 2.45) is 29.6 Å². The number of rotatable bonds is 7. The first kappa shape index (κ1) is 45.9. The molecule has 3 N–H and O–H groups in total. The van der Waals surface area contributed by atoms with Crippen molar-refractivity contribution >= 4 is 23.4 Å². The Balaban J connectivity index is 1.76. The third-order valence-electron chi connectivity index (χ3n) is 12.6. The van der Waals surface area contributed by atoms with E-state index in [4.69, 9.17) is 23.7 Å². The van der Waals surface area contributed by atoms with Gasteiger partial charge in [-0.1, -0.05) is 44.6 Å². The van der Waals surface area contributed by atoms with E-state index in [9.17, 15) is 34.5 Å². The summed E-state index contributed by atoms with van der Waals surface area (Å²) in [6.07, 6.45) is 4.23. The van der Waals surface area contributed by atoms with Crippen LogP contribution in [0.5, 0.6) is 0 Å². The van der Waals surface area contributed by atoms with Gasteiger partial charge < -0.3 is 43.9 Å². The summed E-state index contributed by atoms with van der Waals surface area (Å²) < 4.78 is 29.6. The maximum absolute atomic E-state index is 14.2. The quantitative estimate of drug-likeness (QED) is 0.190. The Labute approximate surface area is 332 Å². The van der Waals surface area contributed by atoms with Gasteiger partial charge in [-0.2, -0.15) is 0 Å². The van der Waals surface area contributed by atoms with E-state index in [0.29, 0.717) is 50.5 Å². The number of ketones is 2. The van der Waals surface area contributed by atoms with Gasteiger partial charge in [0.15, 0.2) is 0 Å². The van der Waals surface area contributed by atoms with Gasteiger partial charge in [0.05, 0.1) is 30.5 Å². The highest BCUT2D eigenvalue weighted by atomic mass is 16.7. The predicted octanol–water partition coefficient (Wildman–Crippen LogP) is 4.25. The van der Waals surface area contributed by atoms with Crippen LogP contribution in [-0.4, -0.2) is 126 Å². The van der Waals surface area contributed by atoms with E-state index in [1.165, 1.54) is 14.2 Å². The molecule has 4 aliphatic rings. The zero-order valence-electron chi connectivity index (χ0n) is 34.7. The maximum Gasteiger partial charge on any atom is 0.329 e. The number of aliphatic hydroxyl groups excluding tert-OH is 2. The third-order valence-corrected chi connectivity index (χ3v) is 12.6. The van der Waals surface area contributed by atoms with E-state index < -0.39 is 83.9 Å². The van der Waals surface area contributed by atoms with Gasteiger partial charge in [-0.15, -0.1) is 6.58 Å². The number of allylic oxidation sites excluding steroid dienone is 4. The molecular formula is C43H67NO12. The Bertz CT molecular complexity index is 1460. The second-order valence-electron chi connectivity index (χ2n) is 16.9. The number of aliphatic hydroxyl groups is 3. The molecule has 0 aromatic carbocycles. The van der Waals surface area contributed by atoms with E-state index in [1.807, 2.05) is 26.0 Å². The molecule has 56 heavy (non-hydrogen) atoms. The van der Waals surface area contributed by atoms with Gasteiger partial charge in [0.1, 0.15) is 24.0 Å². The summed E-state index contributed by atoms with van der Waals surface area (Å²) in [4.78, 5) is 57.3. The Hall–Kier alpha value is -2.78. The molecule has 0 spiro atoms. The molecule has 316 valence electrons. The maximum atomic E-state index is 14.2. The minimum absolute atomic E-state index is 0.00899. The van der Waals surface area contributed by atoms with Crippen LogP contribution in [0, 0.1) is 29.6 Å². The molecule has 0 aromatic heterocycles. The molecule has 4 rings (SSSR count). The van der Waals surface area contributed by atoms with Crippen LogP contribution in [0.3, 0.4) is 0 Å². The molecule has 13 heteroatoms. The molecule has 0 radical (unpaired) electrons. The van der Waals surface area contributed by atoms with Gasteiger partial charge in [-0.25, -0.2) is 4.79 Å². The number of methoxy groups -OCH3 is 3. The van der Waals surface area contributed by atoms with Crippen LogP contribution >= 0.6 is 0 Å². The average Bonchev–Trinajstić information content (AvgIpc) is 3.66. The molecule has 3 fully saturated rings. The van der Waals surface area contributed by atoms with Crippen LogP contribution in [-0.2, 0) is 42.9 Å². The number of cyclic esters (lactones) is 1. The van der Waals surface area contributed by atoms with Gasteiger partial charge in [0, 0.05) is 52.0 Å². The van der Waals surface area contributed by atoms with Crippen LogP contribution in [0.1, 0.15) is 98.8 Å². The van der Waals surface area contributed by atoms with E-state index >= 15 is 0 Å². The minimum atomic E-state index is -2.51. The van der Waals surface area contributed by atoms with E-state index in [2.05, 4.69) is 6.58 Å². The lowest BCUT2D eigenvalue weighted by molar-refractivity contribution is -0.302. The number of hydrogen-bond acceptors (Lipinski definition) is 12. The molecule has 0 aromatic rings. The summed E-state index contributed by atoms with van der Waals surface area (Å²) in [6.45, 7) is 13.1. The Morgan fingerprint density at radius 3 is 2.25 bits per heavy atom. The van der Waals surface area contributed by atoms with Gasteiger partial charge in [-0.3, -0.25) is 14.4 Å². The summed E-state index contributed by atoms with van der Waals surface area (Å²) >= 11 is 0. The predicted molar refractivity (Wildman–Crippen MR) is 208 cm³/mol. The lowest BCUT2D eigenvalue weighted by Crippen LogP contribution is -2.63. The number of hydrogen-bond donors (Lipinski definition) is 3. The largest absolute Gasteiger partial charge is 0.456 e. The van der Waals surface area contributed by atoms with Crippen LogP contribution in [0.15, 0.2) is 36.0 Å². The molecule has 1 saturated carbocycles. The summed E-state index contributed by atoms with van der Waals surface area (Å²) in [5.74, 6) is -7.76. The summed E-state index contributed by atoms with van der Waals surface area (Å²) in [6, 6.07) is -1.13. The second kappa shape index (κ2) is 20.3. The Morgan fingerprint density at radius 2 is 1.61 bits per heavy atom. The highest BCUT2D eigenvalue weighted by Gasteiger charge is 2.57. The number of carbonyl (C=O) groups is 4. The van der Waals surface area contributed by atoms with Crippen molar-refractivity contribution in [1.29, 1.82) is 0 Å². The molecule has 3 heterocycles. The van der Waals surface area contributed by atoms with Crippen molar-refractivity contribution in [3.63, 3.8) is 0 Å². The number of esters is 1.